The summed E-state index contributed by atoms with van der Waals surface area (Å²) in [5.74, 6) is 1.35. The number of hydrogen-bond acceptors (Lipinski definition) is 4. The average Bonchev–Trinajstić information content (AvgIpc) is 2.79. The zero-order valence-electron chi connectivity index (χ0n) is 17.4. The highest BCUT2D eigenvalue weighted by Crippen LogP contribution is 2.29. The second kappa shape index (κ2) is 9.43. The maximum absolute atomic E-state index is 12.8. The van der Waals surface area contributed by atoms with E-state index in [1.165, 1.54) is 0 Å². The Morgan fingerprint density at radius 3 is 2.61 bits per heavy atom. The molecule has 6 nitrogen and oxygen atoms in total. The number of halogens is 1. The molecule has 2 aromatic rings. The minimum atomic E-state index is -0.137. The molecule has 1 fully saturated rings. The summed E-state index contributed by atoms with van der Waals surface area (Å²) in [6.07, 6.45) is 3.25. The molecule has 1 saturated heterocycles. The van der Waals surface area contributed by atoms with Gasteiger partial charge < -0.3 is 19.7 Å². The van der Waals surface area contributed by atoms with Crippen LogP contribution in [-0.4, -0.2) is 49.1 Å². The lowest BCUT2D eigenvalue weighted by atomic mass is 10.0. The summed E-state index contributed by atoms with van der Waals surface area (Å²) in [4.78, 5) is 27.3. The standard InChI is InChI=1S/C24H25ClN2O4/c1-2-30-21-6-3-16(4-7-21)24(29)27-11-9-20(10-12-27)26-23(28)18-13-17-14-19(25)5-8-22(17)31-15-18/h3-8,13-14,20H,2,9-12,15H2,1H3,(H,26,28). The van der Waals surface area contributed by atoms with Crippen LogP contribution in [0, 0.1) is 0 Å². The summed E-state index contributed by atoms with van der Waals surface area (Å²) in [6.45, 7) is 3.95. The van der Waals surface area contributed by atoms with Gasteiger partial charge in [0.25, 0.3) is 11.8 Å². The van der Waals surface area contributed by atoms with E-state index in [9.17, 15) is 9.59 Å². The molecule has 4 rings (SSSR count). The van der Waals surface area contributed by atoms with Crippen LogP contribution in [0.5, 0.6) is 11.5 Å². The summed E-state index contributed by atoms with van der Waals surface area (Å²) in [7, 11) is 0. The first-order valence-corrected chi connectivity index (χ1v) is 10.9. The van der Waals surface area contributed by atoms with Gasteiger partial charge in [0, 0.05) is 35.3 Å². The summed E-state index contributed by atoms with van der Waals surface area (Å²) in [6, 6.07) is 12.6. The fraction of sp³-hybridized carbons (Fsp3) is 0.333. The van der Waals surface area contributed by atoms with Crippen molar-refractivity contribution in [3.8, 4) is 11.5 Å². The number of nitrogens with one attached hydrogen (secondary N) is 1. The SMILES string of the molecule is CCOc1ccc(C(=O)N2CCC(NC(=O)C3=Cc4cc(Cl)ccc4OC3)CC2)cc1. The lowest BCUT2D eigenvalue weighted by molar-refractivity contribution is -0.118. The largest absolute Gasteiger partial charge is 0.494 e. The Kier molecular flexibility index (Phi) is 6.47. The minimum Gasteiger partial charge on any atom is -0.494 e. The number of piperidine rings is 1. The lowest BCUT2D eigenvalue weighted by Crippen LogP contribution is -2.47. The molecule has 0 aliphatic carbocycles. The number of rotatable bonds is 5. The van der Waals surface area contributed by atoms with Crippen molar-refractivity contribution in [2.24, 2.45) is 0 Å². The highest BCUT2D eigenvalue weighted by atomic mass is 35.5. The van der Waals surface area contributed by atoms with Crippen LogP contribution in [0.1, 0.15) is 35.7 Å². The maximum Gasteiger partial charge on any atom is 0.253 e. The molecule has 0 radical (unpaired) electrons. The molecule has 7 heteroatoms. The van der Waals surface area contributed by atoms with Crippen molar-refractivity contribution < 1.29 is 19.1 Å². The molecule has 1 N–H and O–H groups in total. The molecule has 0 atom stereocenters. The van der Waals surface area contributed by atoms with Crippen LogP contribution in [-0.2, 0) is 4.79 Å². The van der Waals surface area contributed by atoms with Crippen LogP contribution in [0.15, 0.2) is 48.0 Å². The van der Waals surface area contributed by atoms with E-state index in [-0.39, 0.29) is 24.5 Å². The lowest BCUT2D eigenvalue weighted by Gasteiger charge is -2.32. The van der Waals surface area contributed by atoms with E-state index in [4.69, 9.17) is 21.1 Å². The normalized spacial score (nSPS) is 16.1. The zero-order valence-corrected chi connectivity index (χ0v) is 18.2. The van der Waals surface area contributed by atoms with E-state index in [2.05, 4.69) is 5.32 Å². The molecule has 0 aromatic heterocycles. The summed E-state index contributed by atoms with van der Waals surface area (Å²) in [5.41, 5.74) is 2.02. The zero-order chi connectivity index (χ0) is 21.8. The van der Waals surface area contributed by atoms with E-state index in [1.54, 1.807) is 30.3 Å². The van der Waals surface area contributed by atoms with Crippen molar-refractivity contribution in [1.29, 1.82) is 0 Å². The molecule has 2 aliphatic rings. The molecule has 2 aliphatic heterocycles. The van der Waals surface area contributed by atoms with E-state index in [0.29, 0.717) is 48.7 Å². The molecule has 0 bridgehead atoms. The number of ether oxygens (including phenoxy) is 2. The number of benzene rings is 2. The van der Waals surface area contributed by atoms with Crippen molar-refractivity contribution in [1.82, 2.24) is 10.2 Å². The molecule has 2 amide bonds. The van der Waals surface area contributed by atoms with Gasteiger partial charge in [-0.1, -0.05) is 11.6 Å². The first kappa shape index (κ1) is 21.2. The number of fused-ring (bicyclic) bond motifs is 1. The van der Waals surface area contributed by atoms with Crippen LogP contribution in [0.25, 0.3) is 6.08 Å². The van der Waals surface area contributed by atoms with Gasteiger partial charge >= 0.3 is 0 Å². The molecule has 0 unspecified atom stereocenters. The summed E-state index contributed by atoms with van der Waals surface area (Å²) >= 11 is 6.04. The fourth-order valence-corrected chi connectivity index (χ4v) is 4.01. The van der Waals surface area contributed by atoms with Gasteiger partial charge in [-0.3, -0.25) is 9.59 Å². The predicted octanol–water partition coefficient (Wildman–Crippen LogP) is 3.94. The Morgan fingerprint density at radius 1 is 1.16 bits per heavy atom. The third-order valence-electron chi connectivity index (χ3n) is 5.51. The Balaban J connectivity index is 1.31. The minimum absolute atomic E-state index is 0.00435. The second-order valence-corrected chi connectivity index (χ2v) is 8.07. The van der Waals surface area contributed by atoms with Gasteiger partial charge in [-0.15, -0.1) is 0 Å². The Hall–Kier alpha value is -2.99. The van der Waals surface area contributed by atoms with Gasteiger partial charge in [-0.2, -0.15) is 0 Å². The molecule has 162 valence electrons. The monoisotopic (exact) mass is 440 g/mol. The van der Waals surface area contributed by atoms with Gasteiger partial charge in [0.2, 0.25) is 0 Å². The highest BCUT2D eigenvalue weighted by molar-refractivity contribution is 6.30. The first-order valence-electron chi connectivity index (χ1n) is 10.5. The van der Waals surface area contributed by atoms with Crippen molar-refractivity contribution in [3.63, 3.8) is 0 Å². The van der Waals surface area contributed by atoms with E-state index in [1.807, 2.05) is 30.0 Å². The van der Waals surface area contributed by atoms with Crippen molar-refractivity contribution >= 4 is 29.5 Å². The topological polar surface area (TPSA) is 67.9 Å². The molecule has 31 heavy (non-hydrogen) atoms. The number of amides is 2. The van der Waals surface area contributed by atoms with E-state index < -0.39 is 0 Å². The molecule has 2 heterocycles. The highest BCUT2D eigenvalue weighted by Gasteiger charge is 2.26. The number of carbonyl (C=O) groups is 2. The molecule has 0 spiro atoms. The van der Waals surface area contributed by atoms with Crippen molar-refractivity contribution in [2.75, 3.05) is 26.3 Å². The van der Waals surface area contributed by atoms with Crippen LogP contribution in [0.4, 0.5) is 0 Å². The van der Waals surface area contributed by atoms with Crippen molar-refractivity contribution in [2.45, 2.75) is 25.8 Å². The van der Waals surface area contributed by atoms with Crippen LogP contribution < -0.4 is 14.8 Å². The Labute approximate surface area is 186 Å². The van der Waals surface area contributed by atoms with Gasteiger partial charge in [0.15, 0.2) is 0 Å². The first-order chi connectivity index (χ1) is 15.0. The van der Waals surface area contributed by atoms with Gasteiger partial charge in [-0.25, -0.2) is 0 Å². The van der Waals surface area contributed by atoms with E-state index in [0.717, 1.165) is 17.1 Å². The molecule has 2 aromatic carbocycles. The summed E-state index contributed by atoms with van der Waals surface area (Å²) in [5, 5.41) is 3.68. The van der Waals surface area contributed by atoms with Crippen LogP contribution in [0.2, 0.25) is 5.02 Å². The van der Waals surface area contributed by atoms with Gasteiger partial charge in [0.1, 0.15) is 18.1 Å². The van der Waals surface area contributed by atoms with Crippen LogP contribution >= 0.6 is 11.6 Å². The van der Waals surface area contributed by atoms with Crippen LogP contribution in [0.3, 0.4) is 0 Å². The number of nitrogens with zero attached hydrogens (tertiary/aromatic N) is 1. The Morgan fingerprint density at radius 2 is 1.90 bits per heavy atom. The molecular weight excluding hydrogens is 416 g/mol. The third kappa shape index (κ3) is 5.02. The molecule has 0 saturated carbocycles. The van der Waals surface area contributed by atoms with Crippen molar-refractivity contribution in [3.05, 3.63) is 64.2 Å². The fourth-order valence-electron chi connectivity index (χ4n) is 3.83. The smallest absolute Gasteiger partial charge is 0.253 e. The van der Waals surface area contributed by atoms with Gasteiger partial charge in [0.05, 0.1) is 12.2 Å². The van der Waals surface area contributed by atoms with E-state index >= 15 is 0 Å². The quantitative estimate of drug-likeness (QED) is 0.764. The third-order valence-corrected chi connectivity index (χ3v) is 5.74. The second-order valence-electron chi connectivity index (χ2n) is 7.64. The average molecular weight is 441 g/mol. The predicted molar refractivity (Wildman–Crippen MR) is 120 cm³/mol. The maximum atomic E-state index is 12.8. The number of hydrogen-bond donors (Lipinski definition) is 1. The van der Waals surface area contributed by atoms with Gasteiger partial charge in [-0.05, 0) is 68.3 Å². The molecular formula is C24H25ClN2O4. The number of carbonyl (C=O) groups excluding carboxylic acids is 2. The number of likely N-dealkylation sites (tertiary alicyclic amines) is 1. The Bertz CT molecular complexity index is 995. The summed E-state index contributed by atoms with van der Waals surface area (Å²) < 4.78 is 11.1.